The smallest absolute Gasteiger partial charge is 0.221 e. The summed E-state index contributed by atoms with van der Waals surface area (Å²) in [6.07, 6.45) is 6.28. The molecule has 1 saturated heterocycles. The third kappa shape index (κ3) is 3.41. The van der Waals surface area contributed by atoms with Crippen LogP contribution in [0.15, 0.2) is 22.4 Å². The predicted molar refractivity (Wildman–Crippen MR) is 77.0 cm³/mol. The van der Waals surface area contributed by atoms with Crippen LogP contribution in [-0.4, -0.2) is 41.7 Å². The number of aliphatic imine (C=N–C) groups is 2. The normalized spacial score (nSPS) is 28.2. The number of aromatic nitrogens is 2. The van der Waals surface area contributed by atoms with Crippen molar-refractivity contribution in [1.29, 1.82) is 0 Å². The van der Waals surface area contributed by atoms with Crippen molar-refractivity contribution in [2.24, 2.45) is 9.98 Å². The molecule has 0 amide bonds. The molecule has 1 fully saturated rings. The molecule has 6 nitrogen and oxygen atoms in total. The van der Waals surface area contributed by atoms with Crippen LogP contribution in [0.5, 0.6) is 0 Å². The number of nitrogens with one attached hydrogen (secondary N) is 1. The summed E-state index contributed by atoms with van der Waals surface area (Å²) in [5, 5.41) is 7.48. The zero-order valence-corrected chi connectivity index (χ0v) is 11.7. The highest BCUT2D eigenvalue weighted by Crippen LogP contribution is 2.28. The number of rotatable bonds is 2. The molecule has 0 aromatic carbocycles. The number of hydrogen-bond acceptors (Lipinski definition) is 3. The lowest BCUT2D eigenvalue weighted by molar-refractivity contribution is -0.0506. The summed E-state index contributed by atoms with van der Waals surface area (Å²) >= 11 is 0. The molecule has 0 bridgehead atoms. The van der Waals surface area contributed by atoms with Gasteiger partial charge in [0.2, 0.25) is 5.96 Å². The largest absolute Gasteiger partial charge is 0.375 e. The van der Waals surface area contributed by atoms with E-state index in [2.05, 4.69) is 41.0 Å². The van der Waals surface area contributed by atoms with Crippen molar-refractivity contribution in [2.45, 2.75) is 44.9 Å². The Morgan fingerprint density at radius 1 is 1.47 bits per heavy atom. The van der Waals surface area contributed by atoms with Crippen LogP contribution < -0.4 is 5.32 Å². The Balaban J connectivity index is 2.06. The summed E-state index contributed by atoms with van der Waals surface area (Å²) < 4.78 is 7.74. The van der Waals surface area contributed by atoms with Gasteiger partial charge in [0, 0.05) is 13.2 Å². The van der Waals surface area contributed by atoms with Gasteiger partial charge in [-0.3, -0.25) is 9.67 Å². The maximum Gasteiger partial charge on any atom is 0.221 e. The first kappa shape index (κ1) is 13.7. The topological polar surface area (TPSA) is 63.8 Å². The molecular formula is C13H21N5O. The fourth-order valence-corrected chi connectivity index (χ4v) is 2.48. The number of nitrogens with zero attached hydrogens (tertiary/aromatic N) is 4. The molecule has 0 spiro atoms. The molecule has 1 aromatic rings. The van der Waals surface area contributed by atoms with Crippen LogP contribution in [0.1, 0.15) is 32.7 Å². The molecule has 0 aliphatic carbocycles. The summed E-state index contributed by atoms with van der Waals surface area (Å²) in [4.78, 5) is 7.75. The first-order valence-electron chi connectivity index (χ1n) is 6.52. The zero-order valence-electron chi connectivity index (χ0n) is 11.7. The molecule has 2 rings (SSSR count). The van der Waals surface area contributed by atoms with Gasteiger partial charge in [-0.05, 0) is 33.4 Å². The van der Waals surface area contributed by atoms with Gasteiger partial charge in [-0.1, -0.05) is 0 Å². The molecule has 6 heteroatoms. The van der Waals surface area contributed by atoms with Crippen LogP contribution in [-0.2, 0) is 4.74 Å². The number of anilines is 1. The van der Waals surface area contributed by atoms with E-state index in [-0.39, 0.29) is 12.2 Å². The van der Waals surface area contributed by atoms with E-state index >= 15 is 0 Å². The standard InChI is InChI=1S/C13H21N5O/c1-9-5-12(6-10(2)19-9)18-8-11(7-16-18)17-13(14-3)15-4/h7-10,12H,3,5-6H2,1-2,4H3,(H,15,17)/t9-,10?,12?/m1/s1. The molecule has 0 radical (unpaired) electrons. The third-order valence-electron chi connectivity index (χ3n) is 3.27. The van der Waals surface area contributed by atoms with Crippen LogP contribution in [0.3, 0.4) is 0 Å². The summed E-state index contributed by atoms with van der Waals surface area (Å²) in [6.45, 7) is 7.67. The Morgan fingerprint density at radius 3 is 2.74 bits per heavy atom. The van der Waals surface area contributed by atoms with E-state index in [9.17, 15) is 0 Å². The van der Waals surface area contributed by atoms with Gasteiger partial charge in [-0.2, -0.15) is 5.10 Å². The van der Waals surface area contributed by atoms with Crippen LogP contribution >= 0.6 is 0 Å². The number of guanidine groups is 1. The molecule has 1 aromatic heterocycles. The minimum atomic E-state index is 0.275. The molecule has 19 heavy (non-hydrogen) atoms. The highest BCUT2D eigenvalue weighted by atomic mass is 16.5. The Kier molecular flexibility index (Phi) is 4.31. The Labute approximate surface area is 113 Å². The second-order valence-electron chi connectivity index (χ2n) is 4.92. The molecule has 0 saturated carbocycles. The van der Waals surface area contributed by atoms with E-state index in [0.29, 0.717) is 12.0 Å². The van der Waals surface area contributed by atoms with Gasteiger partial charge in [0.25, 0.3) is 0 Å². The first-order valence-corrected chi connectivity index (χ1v) is 6.52. The summed E-state index contributed by atoms with van der Waals surface area (Å²) in [5.74, 6) is 0.494. The lowest BCUT2D eigenvalue weighted by Crippen LogP contribution is -2.31. The Bertz CT molecular complexity index is 457. The fourth-order valence-electron chi connectivity index (χ4n) is 2.48. The van der Waals surface area contributed by atoms with Gasteiger partial charge in [-0.15, -0.1) is 0 Å². The zero-order chi connectivity index (χ0) is 13.8. The minimum Gasteiger partial charge on any atom is -0.375 e. The minimum absolute atomic E-state index is 0.275. The highest BCUT2D eigenvalue weighted by Gasteiger charge is 2.26. The van der Waals surface area contributed by atoms with Gasteiger partial charge in [0.15, 0.2) is 0 Å². The highest BCUT2D eigenvalue weighted by molar-refractivity contribution is 5.96. The molecule has 2 unspecified atom stereocenters. The second-order valence-corrected chi connectivity index (χ2v) is 4.92. The van der Waals surface area contributed by atoms with E-state index < -0.39 is 0 Å². The predicted octanol–water partition coefficient (Wildman–Crippen LogP) is 2.11. The van der Waals surface area contributed by atoms with E-state index in [0.717, 1.165) is 18.5 Å². The van der Waals surface area contributed by atoms with E-state index in [1.54, 1.807) is 13.2 Å². The Morgan fingerprint density at radius 2 is 2.16 bits per heavy atom. The first-order chi connectivity index (χ1) is 9.12. The fraction of sp³-hybridized carbons (Fsp3) is 0.615. The van der Waals surface area contributed by atoms with E-state index in [1.807, 2.05) is 10.9 Å². The van der Waals surface area contributed by atoms with Crippen molar-refractivity contribution < 1.29 is 4.74 Å². The van der Waals surface area contributed by atoms with Crippen LogP contribution in [0.2, 0.25) is 0 Å². The lowest BCUT2D eigenvalue weighted by Gasteiger charge is -2.32. The average molecular weight is 263 g/mol. The van der Waals surface area contributed by atoms with Gasteiger partial charge < -0.3 is 10.1 Å². The summed E-state index contributed by atoms with van der Waals surface area (Å²) in [5.41, 5.74) is 0.875. The molecule has 104 valence electrons. The van der Waals surface area contributed by atoms with Gasteiger partial charge >= 0.3 is 0 Å². The van der Waals surface area contributed by atoms with Crippen molar-refractivity contribution in [2.75, 3.05) is 12.4 Å². The summed E-state index contributed by atoms with van der Waals surface area (Å²) in [6, 6.07) is 0.382. The van der Waals surface area contributed by atoms with Crippen LogP contribution in [0.4, 0.5) is 5.69 Å². The van der Waals surface area contributed by atoms with Crippen molar-refractivity contribution >= 4 is 18.4 Å². The summed E-state index contributed by atoms with van der Waals surface area (Å²) in [7, 11) is 1.67. The van der Waals surface area contributed by atoms with E-state index in [1.165, 1.54) is 0 Å². The maximum atomic E-state index is 5.74. The van der Waals surface area contributed by atoms with Gasteiger partial charge in [-0.25, -0.2) is 4.99 Å². The molecule has 2 heterocycles. The molecule has 3 atom stereocenters. The third-order valence-corrected chi connectivity index (χ3v) is 3.27. The molecule has 1 aliphatic rings. The number of hydrogen-bond donors (Lipinski definition) is 1. The maximum absolute atomic E-state index is 5.74. The van der Waals surface area contributed by atoms with Crippen molar-refractivity contribution in [3.05, 3.63) is 12.4 Å². The SMILES string of the molecule is C=NC(=NC)Nc1cnn(C2CC(C)O[C@H](C)C2)c1. The molecule has 1 aliphatic heterocycles. The van der Waals surface area contributed by atoms with Crippen molar-refractivity contribution in [3.8, 4) is 0 Å². The average Bonchev–Trinajstić information content (AvgIpc) is 2.83. The number of ether oxygens (including phenoxy) is 1. The second kappa shape index (κ2) is 5.97. The Hall–Kier alpha value is -1.69. The van der Waals surface area contributed by atoms with Gasteiger partial charge in [0.1, 0.15) is 0 Å². The van der Waals surface area contributed by atoms with Crippen LogP contribution in [0.25, 0.3) is 0 Å². The monoisotopic (exact) mass is 263 g/mol. The molecular weight excluding hydrogens is 242 g/mol. The molecule has 1 N–H and O–H groups in total. The quantitative estimate of drug-likeness (QED) is 0.656. The van der Waals surface area contributed by atoms with E-state index in [4.69, 9.17) is 4.74 Å². The van der Waals surface area contributed by atoms with Crippen LogP contribution in [0, 0.1) is 0 Å². The lowest BCUT2D eigenvalue weighted by atomic mass is 10.0. The van der Waals surface area contributed by atoms with Gasteiger partial charge in [0.05, 0.1) is 30.1 Å². The van der Waals surface area contributed by atoms with Crippen molar-refractivity contribution in [3.63, 3.8) is 0 Å². The van der Waals surface area contributed by atoms with Crippen molar-refractivity contribution in [1.82, 2.24) is 9.78 Å².